The highest BCUT2D eigenvalue weighted by Gasteiger charge is 2.33. The van der Waals surface area contributed by atoms with E-state index in [4.69, 9.17) is 19.3 Å². The number of carbonyl (C=O) groups is 2. The maximum absolute atomic E-state index is 13.8. The molecule has 1 N–H and O–H groups in total. The molecule has 0 saturated carbocycles. The number of allylic oxidation sites excluding steroid dienone is 1. The van der Waals surface area contributed by atoms with E-state index in [1.165, 1.54) is 23.5 Å². The van der Waals surface area contributed by atoms with Gasteiger partial charge in [0.15, 0.2) is 4.80 Å². The predicted octanol–water partition coefficient (Wildman–Crippen LogP) is 4.85. The summed E-state index contributed by atoms with van der Waals surface area (Å²) >= 11 is 4.79. The Morgan fingerprint density at radius 2 is 1.81 bits per heavy atom. The van der Waals surface area contributed by atoms with Gasteiger partial charge < -0.3 is 19.3 Å². The van der Waals surface area contributed by atoms with Crippen LogP contribution in [0.15, 0.2) is 92.3 Å². The summed E-state index contributed by atoms with van der Waals surface area (Å²) in [7, 11) is 1.57. The van der Waals surface area contributed by atoms with Gasteiger partial charge in [-0.2, -0.15) is 0 Å². The van der Waals surface area contributed by atoms with E-state index in [1.54, 1.807) is 61.9 Å². The maximum Gasteiger partial charge on any atom is 0.338 e. The zero-order chi connectivity index (χ0) is 30.7. The number of halogens is 1. The van der Waals surface area contributed by atoms with Crippen molar-refractivity contribution in [2.75, 3.05) is 13.7 Å². The second-order valence-corrected chi connectivity index (χ2v) is 11.4. The van der Waals surface area contributed by atoms with Crippen molar-refractivity contribution in [3.8, 4) is 11.5 Å². The normalized spacial score (nSPS) is 14.6. The molecule has 1 aliphatic rings. The second kappa shape index (κ2) is 12.8. The van der Waals surface area contributed by atoms with E-state index in [-0.39, 0.29) is 24.3 Å². The first-order chi connectivity index (χ1) is 20.7. The number of nitrogens with zero attached hydrogens (tertiary/aromatic N) is 2. The number of thiazole rings is 1. The molecule has 5 rings (SSSR count). The molecule has 1 aromatic heterocycles. The van der Waals surface area contributed by atoms with Crippen molar-refractivity contribution < 1.29 is 28.9 Å². The van der Waals surface area contributed by atoms with E-state index in [2.05, 4.69) is 20.9 Å². The van der Waals surface area contributed by atoms with Crippen molar-refractivity contribution in [3.63, 3.8) is 0 Å². The van der Waals surface area contributed by atoms with Crippen molar-refractivity contribution in [1.29, 1.82) is 0 Å². The smallest absolute Gasteiger partial charge is 0.338 e. The van der Waals surface area contributed by atoms with Crippen LogP contribution < -0.4 is 24.4 Å². The summed E-state index contributed by atoms with van der Waals surface area (Å²) in [6.07, 6.45) is 1.78. The number of aromatic carboxylic acids is 1. The number of benzene rings is 3. The molecule has 0 bridgehead atoms. The van der Waals surface area contributed by atoms with Gasteiger partial charge in [-0.3, -0.25) is 9.36 Å². The molecule has 9 nitrogen and oxygen atoms in total. The number of methoxy groups -OCH3 is 1. The summed E-state index contributed by atoms with van der Waals surface area (Å²) < 4.78 is 19.2. The standard InChI is InChI=1S/C32H27BrN2O7S/c1-4-41-31(39)27-18(2)34-32-35(28(27)21-10-12-23(40-3)13-11-21)29(36)26(43-32)16-20-7-14-25(24(33)15-20)42-17-19-5-8-22(9-6-19)30(37)38/h5-16,28H,4,17H2,1-3H3,(H,37,38)/b26-16+/t28-/m1/s1. The number of carboxylic acid groups (broad SMARTS) is 1. The van der Waals surface area contributed by atoms with Gasteiger partial charge in [0.25, 0.3) is 5.56 Å². The molecule has 43 heavy (non-hydrogen) atoms. The van der Waals surface area contributed by atoms with Gasteiger partial charge >= 0.3 is 11.9 Å². The molecular formula is C32H27BrN2O7S. The van der Waals surface area contributed by atoms with E-state index < -0.39 is 18.0 Å². The maximum atomic E-state index is 13.8. The van der Waals surface area contributed by atoms with Crippen LogP contribution >= 0.6 is 27.3 Å². The molecule has 0 aliphatic carbocycles. The van der Waals surface area contributed by atoms with Crippen LogP contribution in [-0.2, 0) is 16.1 Å². The number of rotatable bonds is 9. The monoisotopic (exact) mass is 662 g/mol. The van der Waals surface area contributed by atoms with Crippen molar-refractivity contribution in [1.82, 2.24) is 4.57 Å². The summed E-state index contributed by atoms with van der Waals surface area (Å²) in [4.78, 5) is 43.1. The first-order valence-electron chi connectivity index (χ1n) is 13.3. The first kappa shape index (κ1) is 30.0. The van der Waals surface area contributed by atoms with Crippen LogP contribution in [0.2, 0.25) is 0 Å². The van der Waals surface area contributed by atoms with Crippen molar-refractivity contribution in [2.45, 2.75) is 26.5 Å². The van der Waals surface area contributed by atoms with E-state index in [9.17, 15) is 14.4 Å². The minimum Gasteiger partial charge on any atom is -0.497 e. The quantitative estimate of drug-likeness (QED) is 0.255. The molecule has 11 heteroatoms. The molecule has 0 amide bonds. The van der Waals surface area contributed by atoms with Gasteiger partial charge in [0, 0.05) is 0 Å². The second-order valence-electron chi connectivity index (χ2n) is 9.56. The Bertz CT molecular complexity index is 1910. The third kappa shape index (κ3) is 6.32. The Kier molecular flexibility index (Phi) is 8.93. The molecule has 1 atom stereocenters. The Balaban J connectivity index is 1.48. The van der Waals surface area contributed by atoms with Crippen molar-refractivity contribution in [3.05, 3.63) is 124 Å². The lowest BCUT2D eigenvalue weighted by Crippen LogP contribution is -2.39. The zero-order valence-corrected chi connectivity index (χ0v) is 25.9. The van der Waals surface area contributed by atoms with Crippen molar-refractivity contribution in [2.24, 2.45) is 4.99 Å². The number of hydrogen-bond donors (Lipinski definition) is 1. The molecule has 1 aliphatic heterocycles. The van der Waals surface area contributed by atoms with Crippen LogP contribution in [0.3, 0.4) is 0 Å². The average Bonchev–Trinajstić information content (AvgIpc) is 3.30. The number of aromatic nitrogens is 1. The SMILES string of the molecule is CCOC(=O)C1=C(C)N=c2s/c(=C/c3ccc(OCc4ccc(C(=O)O)cc4)c(Br)c3)c(=O)n2[C@@H]1c1ccc(OC)cc1. The highest BCUT2D eigenvalue weighted by molar-refractivity contribution is 9.10. The Morgan fingerprint density at radius 1 is 1.09 bits per heavy atom. The highest BCUT2D eigenvalue weighted by Crippen LogP contribution is 2.32. The molecule has 0 unspecified atom stereocenters. The van der Waals surface area contributed by atoms with E-state index in [0.717, 1.165) is 16.7 Å². The van der Waals surface area contributed by atoms with Gasteiger partial charge in [-0.25, -0.2) is 14.6 Å². The summed E-state index contributed by atoms with van der Waals surface area (Å²) in [5.41, 5.74) is 3.06. The van der Waals surface area contributed by atoms with Crippen LogP contribution in [0.25, 0.3) is 6.08 Å². The molecule has 0 fully saturated rings. The number of carbonyl (C=O) groups excluding carboxylic acids is 1. The van der Waals surface area contributed by atoms with E-state index in [0.29, 0.717) is 36.6 Å². The lowest BCUT2D eigenvalue weighted by Gasteiger charge is -2.24. The largest absolute Gasteiger partial charge is 0.497 e. The minimum absolute atomic E-state index is 0.195. The lowest BCUT2D eigenvalue weighted by atomic mass is 9.96. The summed E-state index contributed by atoms with van der Waals surface area (Å²) in [6.45, 7) is 3.93. The van der Waals surface area contributed by atoms with Gasteiger partial charge in [0.1, 0.15) is 18.1 Å². The third-order valence-electron chi connectivity index (χ3n) is 6.80. The number of fused-ring (bicyclic) bond motifs is 1. The molecule has 0 spiro atoms. The predicted molar refractivity (Wildman–Crippen MR) is 165 cm³/mol. The molecule has 3 aromatic carbocycles. The fraction of sp³-hybridized carbons (Fsp3) is 0.188. The highest BCUT2D eigenvalue weighted by atomic mass is 79.9. The minimum atomic E-state index is -0.982. The summed E-state index contributed by atoms with van der Waals surface area (Å²) in [5.74, 6) is -0.251. The molecule has 4 aromatic rings. The van der Waals surface area contributed by atoms with E-state index in [1.807, 2.05) is 24.3 Å². The Labute approximate surface area is 259 Å². The van der Waals surface area contributed by atoms with E-state index >= 15 is 0 Å². The third-order valence-corrected chi connectivity index (χ3v) is 8.40. The topological polar surface area (TPSA) is 116 Å². The zero-order valence-electron chi connectivity index (χ0n) is 23.5. The average molecular weight is 664 g/mol. The van der Waals surface area contributed by atoms with Gasteiger partial charge in [0.05, 0.1) is 45.6 Å². The van der Waals surface area contributed by atoms with Gasteiger partial charge in [0.2, 0.25) is 0 Å². The molecule has 220 valence electrons. The molecule has 0 saturated heterocycles. The van der Waals surface area contributed by atoms with Crippen LogP contribution in [0.4, 0.5) is 0 Å². The number of ether oxygens (including phenoxy) is 3. The van der Waals surface area contributed by atoms with Gasteiger partial charge in [-0.15, -0.1) is 0 Å². The lowest BCUT2D eigenvalue weighted by molar-refractivity contribution is -0.139. The van der Waals surface area contributed by atoms with Crippen LogP contribution in [0.5, 0.6) is 11.5 Å². The first-order valence-corrected chi connectivity index (χ1v) is 14.9. The summed E-state index contributed by atoms with van der Waals surface area (Å²) in [5, 5.41) is 9.07. The van der Waals surface area contributed by atoms with Crippen LogP contribution in [0.1, 0.15) is 46.9 Å². The molecule has 0 radical (unpaired) electrons. The molecular weight excluding hydrogens is 636 g/mol. The van der Waals surface area contributed by atoms with Crippen LogP contribution in [0, 0.1) is 0 Å². The van der Waals surface area contributed by atoms with Crippen molar-refractivity contribution >= 4 is 45.3 Å². The summed E-state index contributed by atoms with van der Waals surface area (Å²) in [6, 6.07) is 18.5. The fourth-order valence-electron chi connectivity index (χ4n) is 4.67. The number of carboxylic acids is 1. The Hall–Kier alpha value is -4.48. The Morgan fingerprint density at radius 3 is 2.44 bits per heavy atom. The fourth-order valence-corrected chi connectivity index (χ4v) is 6.23. The number of esters is 1. The molecule has 2 heterocycles. The van der Waals surface area contributed by atoms with Gasteiger partial charge in [-0.05, 0) is 88.9 Å². The number of hydrogen-bond acceptors (Lipinski definition) is 8. The van der Waals surface area contributed by atoms with Gasteiger partial charge in [-0.1, -0.05) is 41.7 Å². The van der Waals surface area contributed by atoms with Crippen LogP contribution in [-0.4, -0.2) is 35.3 Å².